The number of fused-ring (bicyclic) bond motifs is 1. The van der Waals surface area contributed by atoms with Gasteiger partial charge in [-0.1, -0.05) is 38.9 Å². The van der Waals surface area contributed by atoms with Crippen LogP contribution in [-0.4, -0.2) is 18.3 Å². The average Bonchev–Trinajstić information content (AvgIpc) is 2.63. The summed E-state index contributed by atoms with van der Waals surface area (Å²) in [6, 6.07) is 8.29. The highest BCUT2D eigenvalue weighted by Crippen LogP contribution is 2.19. The molecule has 74 valence electrons. The molecule has 0 aliphatic rings. The first-order chi connectivity index (χ1) is 6.92. The van der Waals surface area contributed by atoms with Gasteiger partial charge in [-0.25, -0.2) is 0 Å². The standard InChI is InChI=1S/C10H11NOS2/c12-7-3-6-11-10-8-4-1-2-5-9(8)13-14-10/h1-2,4-5,12H,3,6-7H2. The Kier molecular flexibility index (Phi) is 3.29. The van der Waals surface area contributed by atoms with Crippen LogP contribution in [0.3, 0.4) is 0 Å². The number of aliphatic hydroxyl groups is 1. The van der Waals surface area contributed by atoms with E-state index >= 15 is 0 Å². The molecule has 0 bridgehead atoms. The summed E-state index contributed by atoms with van der Waals surface area (Å²) in [4.78, 5) is 4.45. The molecule has 0 fully saturated rings. The maximum absolute atomic E-state index is 8.65. The molecule has 0 unspecified atom stereocenters. The smallest absolute Gasteiger partial charge is 0.129 e. The average molecular weight is 225 g/mol. The van der Waals surface area contributed by atoms with Gasteiger partial charge in [0.15, 0.2) is 0 Å². The topological polar surface area (TPSA) is 32.6 Å². The predicted molar refractivity (Wildman–Crippen MR) is 61.8 cm³/mol. The molecule has 0 radical (unpaired) electrons. The molecule has 0 spiro atoms. The second-order valence-electron chi connectivity index (χ2n) is 2.93. The largest absolute Gasteiger partial charge is 0.396 e. The third-order valence-corrected chi connectivity index (χ3v) is 4.29. The van der Waals surface area contributed by atoms with Crippen molar-refractivity contribution in [2.24, 2.45) is 4.99 Å². The van der Waals surface area contributed by atoms with Crippen molar-refractivity contribution < 1.29 is 5.11 Å². The Morgan fingerprint density at radius 2 is 2.07 bits per heavy atom. The van der Waals surface area contributed by atoms with Crippen molar-refractivity contribution in [2.75, 3.05) is 13.2 Å². The minimum Gasteiger partial charge on any atom is -0.396 e. The summed E-state index contributed by atoms with van der Waals surface area (Å²) in [6.07, 6.45) is 0.747. The van der Waals surface area contributed by atoms with Gasteiger partial charge in [0, 0.05) is 23.2 Å². The van der Waals surface area contributed by atoms with Gasteiger partial charge < -0.3 is 5.11 Å². The fourth-order valence-corrected chi connectivity index (χ4v) is 3.61. The highest BCUT2D eigenvalue weighted by molar-refractivity contribution is 7.71. The highest BCUT2D eigenvalue weighted by atomic mass is 32.9. The van der Waals surface area contributed by atoms with E-state index in [1.54, 1.807) is 20.7 Å². The van der Waals surface area contributed by atoms with Crippen molar-refractivity contribution in [1.82, 2.24) is 0 Å². The zero-order chi connectivity index (χ0) is 9.80. The number of hydrogen-bond donors (Lipinski definition) is 1. The number of nitrogens with zero attached hydrogens (tertiary/aromatic N) is 1. The molecule has 4 heteroatoms. The van der Waals surface area contributed by atoms with Crippen LogP contribution < -0.4 is 4.67 Å². The van der Waals surface area contributed by atoms with Crippen LogP contribution in [0.2, 0.25) is 0 Å². The lowest BCUT2D eigenvalue weighted by Crippen LogP contribution is -1.97. The molecule has 1 N–H and O–H groups in total. The third-order valence-electron chi connectivity index (χ3n) is 1.90. The van der Waals surface area contributed by atoms with Crippen LogP contribution >= 0.6 is 20.7 Å². The normalized spacial score (nSPS) is 12.5. The van der Waals surface area contributed by atoms with E-state index in [1.165, 1.54) is 10.1 Å². The van der Waals surface area contributed by atoms with E-state index in [1.807, 2.05) is 12.1 Å². The zero-order valence-corrected chi connectivity index (χ0v) is 9.27. The molecule has 0 aliphatic carbocycles. The van der Waals surface area contributed by atoms with Gasteiger partial charge in [0.25, 0.3) is 0 Å². The second-order valence-corrected chi connectivity index (χ2v) is 5.09. The Labute approximate surface area is 89.6 Å². The number of aliphatic hydroxyl groups excluding tert-OH is 1. The van der Waals surface area contributed by atoms with E-state index in [9.17, 15) is 0 Å². The molecular formula is C10H11NOS2. The summed E-state index contributed by atoms with van der Waals surface area (Å²) in [7, 11) is 3.46. The minimum atomic E-state index is 0.218. The first kappa shape index (κ1) is 9.83. The molecular weight excluding hydrogens is 214 g/mol. The quantitative estimate of drug-likeness (QED) is 0.630. The summed E-state index contributed by atoms with van der Waals surface area (Å²) in [5.41, 5.74) is 0. The summed E-state index contributed by atoms with van der Waals surface area (Å²) in [5.74, 6) is 0. The lowest BCUT2D eigenvalue weighted by molar-refractivity contribution is 0.291. The highest BCUT2D eigenvalue weighted by Gasteiger charge is 1.97. The van der Waals surface area contributed by atoms with Crippen molar-refractivity contribution in [3.05, 3.63) is 28.9 Å². The number of hydrogen-bond acceptors (Lipinski definition) is 4. The third kappa shape index (κ3) is 2.03. The van der Waals surface area contributed by atoms with Crippen LogP contribution in [0.4, 0.5) is 0 Å². The van der Waals surface area contributed by atoms with Crippen LogP contribution in [0.5, 0.6) is 0 Å². The Bertz CT molecular complexity index is 472. The van der Waals surface area contributed by atoms with Crippen LogP contribution in [0, 0.1) is 0 Å². The molecule has 0 aliphatic heterocycles. The summed E-state index contributed by atoms with van der Waals surface area (Å²) in [6.45, 7) is 0.934. The van der Waals surface area contributed by atoms with Crippen LogP contribution in [0.15, 0.2) is 29.3 Å². The van der Waals surface area contributed by atoms with Crippen molar-refractivity contribution in [3.63, 3.8) is 0 Å². The van der Waals surface area contributed by atoms with Crippen LogP contribution in [0.1, 0.15) is 6.42 Å². The number of benzene rings is 1. The predicted octanol–water partition coefficient (Wildman–Crippen LogP) is 2.25. The van der Waals surface area contributed by atoms with Gasteiger partial charge in [0.05, 0.1) is 0 Å². The zero-order valence-electron chi connectivity index (χ0n) is 7.64. The molecule has 0 atom stereocenters. The van der Waals surface area contributed by atoms with Crippen LogP contribution in [-0.2, 0) is 0 Å². The lowest BCUT2D eigenvalue weighted by Gasteiger charge is -1.88. The van der Waals surface area contributed by atoms with Crippen molar-refractivity contribution >= 4 is 30.8 Å². The van der Waals surface area contributed by atoms with Gasteiger partial charge in [0.2, 0.25) is 0 Å². The van der Waals surface area contributed by atoms with E-state index < -0.39 is 0 Å². The van der Waals surface area contributed by atoms with E-state index in [0.717, 1.165) is 11.1 Å². The molecule has 1 heterocycles. The van der Waals surface area contributed by atoms with Gasteiger partial charge in [-0.2, -0.15) is 0 Å². The van der Waals surface area contributed by atoms with Gasteiger partial charge >= 0.3 is 0 Å². The summed E-state index contributed by atoms with van der Waals surface area (Å²) >= 11 is 0. The maximum atomic E-state index is 8.65. The molecule has 14 heavy (non-hydrogen) atoms. The van der Waals surface area contributed by atoms with Gasteiger partial charge in [0.1, 0.15) is 4.67 Å². The Balaban J connectivity index is 2.38. The molecule has 0 saturated carbocycles. The lowest BCUT2D eigenvalue weighted by atomic mass is 10.3. The molecule has 1 aromatic carbocycles. The summed E-state index contributed by atoms with van der Waals surface area (Å²) < 4.78 is 2.39. The SMILES string of the molecule is OCCCN=c1ssc2ccccc12. The first-order valence-electron chi connectivity index (χ1n) is 4.51. The fraction of sp³-hybridized carbons (Fsp3) is 0.300. The monoisotopic (exact) mass is 225 g/mol. The van der Waals surface area contributed by atoms with E-state index in [2.05, 4.69) is 17.1 Å². The maximum Gasteiger partial charge on any atom is 0.129 e. The Morgan fingerprint density at radius 3 is 2.93 bits per heavy atom. The second kappa shape index (κ2) is 4.68. The summed E-state index contributed by atoms with van der Waals surface area (Å²) in [5, 5.41) is 9.89. The van der Waals surface area contributed by atoms with Crippen molar-refractivity contribution in [2.45, 2.75) is 6.42 Å². The van der Waals surface area contributed by atoms with Crippen molar-refractivity contribution in [3.8, 4) is 0 Å². The fourth-order valence-electron chi connectivity index (χ4n) is 1.21. The van der Waals surface area contributed by atoms with E-state index in [0.29, 0.717) is 6.54 Å². The van der Waals surface area contributed by atoms with E-state index in [4.69, 9.17) is 5.11 Å². The first-order valence-corrected chi connectivity index (χ1v) is 6.66. The van der Waals surface area contributed by atoms with Gasteiger partial charge in [-0.05, 0) is 12.5 Å². The molecule has 2 aromatic rings. The number of rotatable bonds is 3. The minimum absolute atomic E-state index is 0.218. The Morgan fingerprint density at radius 1 is 1.21 bits per heavy atom. The molecule has 2 nitrogen and oxygen atoms in total. The van der Waals surface area contributed by atoms with Gasteiger partial charge in [-0.15, -0.1) is 0 Å². The molecule has 0 amide bonds. The molecule has 1 aromatic heterocycles. The molecule has 0 saturated heterocycles. The van der Waals surface area contributed by atoms with Gasteiger partial charge in [-0.3, -0.25) is 4.99 Å². The Hall–Kier alpha value is -0.710. The van der Waals surface area contributed by atoms with E-state index in [-0.39, 0.29) is 6.61 Å². The van der Waals surface area contributed by atoms with Crippen molar-refractivity contribution in [1.29, 1.82) is 0 Å². The molecule has 2 rings (SSSR count). The van der Waals surface area contributed by atoms with Crippen LogP contribution in [0.25, 0.3) is 10.1 Å².